The Morgan fingerprint density at radius 2 is 2.12 bits per heavy atom. The summed E-state index contributed by atoms with van der Waals surface area (Å²) in [5.41, 5.74) is 0.480. The second-order valence-electron chi connectivity index (χ2n) is 3.23. The summed E-state index contributed by atoms with van der Waals surface area (Å²) in [6, 6.07) is 4.74. The van der Waals surface area contributed by atoms with E-state index in [4.69, 9.17) is 29.1 Å². The molecule has 0 atom stereocenters. The molecule has 0 fully saturated rings. The molecule has 0 heterocycles. The van der Waals surface area contributed by atoms with Gasteiger partial charge in [0.25, 0.3) is 5.91 Å². The number of hydrogen-bond acceptors (Lipinski definition) is 3. The van der Waals surface area contributed by atoms with Crippen LogP contribution in [-0.4, -0.2) is 31.0 Å². The Bertz CT molecular complexity index is 385. The highest BCUT2D eigenvalue weighted by molar-refractivity contribution is 6.42. The molecule has 88 valence electrons. The van der Waals surface area contributed by atoms with Crippen LogP contribution < -0.4 is 5.90 Å². The zero-order chi connectivity index (χ0) is 12.1. The highest BCUT2D eigenvalue weighted by Gasteiger charge is 2.12. The molecule has 0 aliphatic heterocycles. The van der Waals surface area contributed by atoms with Crippen molar-refractivity contribution in [2.45, 2.75) is 0 Å². The van der Waals surface area contributed by atoms with Gasteiger partial charge in [0.15, 0.2) is 0 Å². The van der Waals surface area contributed by atoms with Gasteiger partial charge in [-0.3, -0.25) is 4.79 Å². The van der Waals surface area contributed by atoms with E-state index in [-0.39, 0.29) is 12.5 Å². The normalized spacial score (nSPS) is 10.2. The molecule has 16 heavy (non-hydrogen) atoms. The van der Waals surface area contributed by atoms with E-state index in [0.29, 0.717) is 22.2 Å². The van der Waals surface area contributed by atoms with Crippen LogP contribution in [0, 0.1) is 0 Å². The van der Waals surface area contributed by atoms with Gasteiger partial charge in [0.05, 0.1) is 16.7 Å². The van der Waals surface area contributed by atoms with Crippen molar-refractivity contribution in [3.05, 3.63) is 33.8 Å². The lowest BCUT2D eigenvalue weighted by atomic mass is 10.2. The van der Waals surface area contributed by atoms with E-state index in [9.17, 15) is 4.79 Å². The molecule has 0 aliphatic carbocycles. The number of carbonyl (C=O) groups is 1. The van der Waals surface area contributed by atoms with Gasteiger partial charge in [-0.15, -0.1) is 0 Å². The van der Waals surface area contributed by atoms with Crippen LogP contribution in [0.25, 0.3) is 0 Å². The number of carbonyl (C=O) groups excluding carboxylic acids is 1. The quantitative estimate of drug-likeness (QED) is 0.845. The average molecular weight is 263 g/mol. The van der Waals surface area contributed by atoms with Gasteiger partial charge in [-0.05, 0) is 18.2 Å². The van der Waals surface area contributed by atoms with Gasteiger partial charge >= 0.3 is 0 Å². The molecule has 0 unspecified atom stereocenters. The Morgan fingerprint density at radius 3 is 2.69 bits per heavy atom. The third-order valence-electron chi connectivity index (χ3n) is 2.06. The van der Waals surface area contributed by atoms with Gasteiger partial charge in [-0.1, -0.05) is 23.2 Å². The Hall–Kier alpha value is -0.810. The minimum absolute atomic E-state index is 0.157. The van der Waals surface area contributed by atoms with E-state index >= 15 is 0 Å². The largest absolute Gasteiger partial charge is 0.339 e. The topological polar surface area (TPSA) is 55.6 Å². The maximum atomic E-state index is 11.8. The molecule has 2 N–H and O–H groups in total. The number of halogens is 2. The Balaban J connectivity index is 2.76. The van der Waals surface area contributed by atoms with Crippen LogP contribution in [0.2, 0.25) is 10.0 Å². The Labute approximate surface area is 104 Å². The fraction of sp³-hybridized carbons (Fsp3) is 0.300. The first-order chi connectivity index (χ1) is 7.56. The third kappa shape index (κ3) is 3.35. The lowest BCUT2D eigenvalue weighted by Gasteiger charge is -2.16. The SMILES string of the molecule is CN(CCON)C(=O)c1ccc(Cl)c(Cl)c1. The molecule has 1 rings (SSSR count). The Morgan fingerprint density at radius 1 is 1.44 bits per heavy atom. The lowest BCUT2D eigenvalue weighted by Crippen LogP contribution is -2.30. The average Bonchev–Trinajstić information content (AvgIpc) is 2.28. The predicted molar refractivity (Wildman–Crippen MR) is 63.6 cm³/mol. The number of rotatable bonds is 4. The van der Waals surface area contributed by atoms with Gasteiger partial charge < -0.3 is 9.74 Å². The molecule has 0 saturated heterocycles. The van der Waals surface area contributed by atoms with Crippen molar-refractivity contribution in [2.24, 2.45) is 5.90 Å². The van der Waals surface area contributed by atoms with Crippen LogP contribution >= 0.6 is 23.2 Å². The summed E-state index contributed by atoms with van der Waals surface area (Å²) in [7, 11) is 1.66. The fourth-order valence-corrected chi connectivity index (χ4v) is 1.44. The van der Waals surface area contributed by atoms with E-state index in [1.165, 1.54) is 11.0 Å². The fourth-order valence-electron chi connectivity index (χ4n) is 1.14. The molecule has 0 radical (unpaired) electrons. The van der Waals surface area contributed by atoms with Crippen molar-refractivity contribution < 1.29 is 9.63 Å². The van der Waals surface area contributed by atoms with E-state index in [1.54, 1.807) is 19.2 Å². The molecule has 1 aromatic rings. The minimum Gasteiger partial charge on any atom is -0.339 e. The number of amides is 1. The molecule has 4 nitrogen and oxygen atoms in total. The summed E-state index contributed by atoms with van der Waals surface area (Å²) in [4.78, 5) is 17.7. The molecule has 0 aliphatic rings. The molecule has 1 amide bonds. The van der Waals surface area contributed by atoms with Crippen LogP contribution in [0.15, 0.2) is 18.2 Å². The van der Waals surface area contributed by atoms with Gasteiger partial charge in [-0.2, -0.15) is 0 Å². The van der Waals surface area contributed by atoms with Crippen molar-refractivity contribution in [3.63, 3.8) is 0 Å². The summed E-state index contributed by atoms with van der Waals surface area (Å²) in [6.45, 7) is 0.694. The lowest BCUT2D eigenvalue weighted by molar-refractivity contribution is 0.0697. The van der Waals surface area contributed by atoms with Crippen LogP contribution in [0.3, 0.4) is 0 Å². The molecule has 1 aromatic carbocycles. The number of nitrogens with zero attached hydrogens (tertiary/aromatic N) is 1. The molecule has 6 heteroatoms. The van der Waals surface area contributed by atoms with Gasteiger partial charge in [-0.25, -0.2) is 5.90 Å². The predicted octanol–water partition coefficient (Wildman–Crippen LogP) is 1.96. The van der Waals surface area contributed by atoms with E-state index in [1.807, 2.05) is 0 Å². The number of likely N-dealkylation sites (N-methyl/N-ethyl adjacent to an activating group) is 1. The summed E-state index contributed by atoms with van der Waals surface area (Å²) in [6.07, 6.45) is 0. The van der Waals surface area contributed by atoms with Gasteiger partial charge in [0, 0.05) is 19.2 Å². The van der Waals surface area contributed by atoms with Crippen molar-refractivity contribution in [1.82, 2.24) is 4.90 Å². The first-order valence-corrected chi connectivity index (χ1v) is 5.34. The highest BCUT2D eigenvalue weighted by Crippen LogP contribution is 2.23. The van der Waals surface area contributed by atoms with Crippen molar-refractivity contribution in [2.75, 3.05) is 20.2 Å². The van der Waals surface area contributed by atoms with Crippen molar-refractivity contribution in [1.29, 1.82) is 0 Å². The highest BCUT2D eigenvalue weighted by atomic mass is 35.5. The number of hydrogen-bond donors (Lipinski definition) is 1. The zero-order valence-electron chi connectivity index (χ0n) is 8.74. The standard InChI is InChI=1S/C10H12Cl2N2O2/c1-14(4-5-16-13)10(15)7-2-3-8(11)9(12)6-7/h2-3,6H,4-5,13H2,1H3. The smallest absolute Gasteiger partial charge is 0.253 e. The minimum atomic E-state index is -0.157. The van der Waals surface area contributed by atoms with Crippen LogP contribution in [-0.2, 0) is 4.84 Å². The first kappa shape index (κ1) is 13.3. The zero-order valence-corrected chi connectivity index (χ0v) is 10.3. The molecular formula is C10H12Cl2N2O2. The Kier molecular flexibility index (Phi) is 5.02. The molecule has 0 aromatic heterocycles. The second-order valence-corrected chi connectivity index (χ2v) is 4.04. The molecule has 0 saturated carbocycles. The van der Waals surface area contributed by atoms with E-state index in [2.05, 4.69) is 4.84 Å². The maximum Gasteiger partial charge on any atom is 0.253 e. The molecule has 0 bridgehead atoms. The van der Waals surface area contributed by atoms with Crippen molar-refractivity contribution >= 4 is 29.1 Å². The van der Waals surface area contributed by atoms with Crippen LogP contribution in [0.1, 0.15) is 10.4 Å². The van der Waals surface area contributed by atoms with E-state index < -0.39 is 0 Å². The summed E-state index contributed by atoms with van der Waals surface area (Å²) in [5.74, 6) is 4.73. The van der Waals surface area contributed by atoms with Crippen LogP contribution in [0.4, 0.5) is 0 Å². The second kappa shape index (κ2) is 6.06. The van der Waals surface area contributed by atoms with Gasteiger partial charge in [0.1, 0.15) is 0 Å². The van der Waals surface area contributed by atoms with Crippen LogP contribution in [0.5, 0.6) is 0 Å². The summed E-state index contributed by atoms with van der Waals surface area (Å²) in [5, 5.41) is 0.780. The van der Waals surface area contributed by atoms with E-state index in [0.717, 1.165) is 0 Å². The first-order valence-electron chi connectivity index (χ1n) is 4.58. The summed E-state index contributed by atoms with van der Waals surface area (Å²) < 4.78 is 0. The van der Waals surface area contributed by atoms with Crippen molar-refractivity contribution in [3.8, 4) is 0 Å². The monoisotopic (exact) mass is 262 g/mol. The maximum absolute atomic E-state index is 11.8. The number of nitrogens with two attached hydrogens (primary N) is 1. The third-order valence-corrected chi connectivity index (χ3v) is 2.80. The molecule has 0 spiro atoms. The van der Waals surface area contributed by atoms with Gasteiger partial charge in [0.2, 0.25) is 0 Å². The number of benzene rings is 1. The summed E-state index contributed by atoms with van der Waals surface area (Å²) >= 11 is 11.6. The molecular weight excluding hydrogens is 251 g/mol.